The van der Waals surface area contributed by atoms with E-state index in [0.717, 1.165) is 11.8 Å². The number of thioether (sulfide) groups is 1. The first-order valence-corrected chi connectivity index (χ1v) is 10.4. The van der Waals surface area contributed by atoms with Gasteiger partial charge in [-0.15, -0.1) is 10.2 Å². The molecular weight excluding hydrogens is 446 g/mol. The predicted molar refractivity (Wildman–Crippen MR) is 111 cm³/mol. The Morgan fingerprint density at radius 2 is 1.72 bits per heavy atom. The van der Waals surface area contributed by atoms with Gasteiger partial charge in [-0.2, -0.15) is 0 Å². The van der Waals surface area contributed by atoms with E-state index in [2.05, 4.69) is 20.3 Å². The second-order valence-electron chi connectivity index (χ2n) is 6.02. The summed E-state index contributed by atoms with van der Waals surface area (Å²) in [5.74, 6) is -3.15. The summed E-state index contributed by atoms with van der Waals surface area (Å²) in [6.45, 7) is 4.40. The molecular formula is C18H23N5O8S. The lowest BCUT2D eigenvalue weighted by Gasteiger charge is -2.09. The van der Waals surface area contributed by atoms with Gasteiger partial charge in [-0.25, -0.2) is 9.59 Å². The highest BCUT2D eigenvalue weighted by atomic mass is 32.2. The summed E-state index contributed by atoms with van der Waals surface area (Å²) in [4.78, 5) is 48.8. The van der Waals surface area contributed by atoms with Gasteiger partial charge < -0.3 is 24.4 Å². The summed E-state index contributed by atoms with van der Waals surface area (Å²) in [6.07, 6.45) is 0. The number of aromatic nitrogens is 3. The van der Waals surface area contributed by atoms with E-state index in [-0.39, 0.29) is 59.4 Å². The second kappa shape index (κ2) is 11.2. The largest absolute Gasteiger partial charge is 0.468 e. The minimum absolute atomic E-state index is 0.0384. The van der Waals surface area contributed by atoms with E-state index in [1.54, 1.807) is 13.8 Å². The molecule has 0 unspecified atom stereocenters. The molecule has 13 nitrogen and oxygen atoms in total. The van der Waals surface area contributed by atoms with E-state index in [4.69, 9.17) is 19.6 Å². The van der Waals surface area contributed by atoms with Crippen molar-refractivity contribution in [3.05, 3.63) is 16.9 Å². The molecule has 0 aromatic carbocycles. The van der Waals surface area contributed by atoms with E-state index in [1.807, 2.05) is 0 Å². The van der Waals surface area contributed by atoms with E-state index < -0.39 is 23.8 Å². The number of amides is 1. The Labute approximate surface area is 186 Å². The SMILES string of the molecule is CCOC(=O)c1c(C)oc(NC(=O)Cn2c(N)nnc2SCC(=O)OC)c1C(=O)OCC. The van der Waals surface area contributed by atoms with Gasteiger partial charge in [0.2, 0.25) is 17.7 Å². The number of carbonyl (C=O) groups is 4. The Morgan fingerprint density at radius 1 is 1.09 bits per heavy atom. The standard InChI is InChI=1S/C18H23N5O8S/c1-5-29-15(26)12-9(3)31-14(13(12)16(27)30-6-2)20-10(24)7-23-17(19)21-22-18(23)32-8-11(25)28-4/h5-8H2,1-4H3,(H2,19,21)(H,20,24). The van der Waals surface area contributed by atoms with Crippen LogP contribution in [0, 0.1) is 6.92 Å². The van der Waals surface area contributed by atoms with Crippen molar-refractivity contribution in [1.82, 2.24) is 14.8 Å². The number of methoxy groups -OCH3 is 1. The summed E-state index contributed by atoms with van der Waals surface area (Å²) in [7, 11) is 1.24. The average Bonchev–Trinajstić information content (AvgIpc) is 3.25. The smallest absolute Gasteiger partial charge is 0.344 e. The highest BCUT2D eigenvalue weighted by Gasteiger charge is 2.31. The Hall–Kier alpha value is -3.55. The predicted octanol–water partition coefficient (Wildman–Crippen LogP) is 1.02. The molecule has 0 fully saturated rings. The van der Waals surface area contributed by atoms with Gasteiger partial charge in [0.1, 0.15) is 23.4 Å². The lowest BCUT2D eigenvalue weighted by molar-refractivity contribution is -0.137. The van der Waals surface area contributed by atoms with Gasteiger partial charge in [0, 0.05) is 0 Å². The van der Waals surface area contributed by atoms with Crippen molar-refractivity contribution in [2.24, 2.45) is 0 Å². The van der Waals surface area contributed by atoms with Crippen LogP contribution in [0.2, 0.25) is 0 Å². The number of aryl methyl sites for hydroxylation is 1. The van der Waals surface area contributed by atoms with Crippen LogP contribution in [0.4, 0.5) is 11.8 Å². The molecule has 32 heavy (non-hydrogen) atoms. The maximum absolute atomic E-state index is 12.7. The van der Waals surface area contributed by atoms with Gasteiger partial charge in [-0.05, 0) is 20.8 Å². The van der Waals surface area contributed by atoms with Crippen LogP contribution in [0.5, 0.6) is 0 Å². The Bertz CT molecular complexity index is 1020. The van der Waals surface area contributed by atoms with Gasteiger partial charge in [0.05, 0.1) is 26.1 Å². The highest BCUT2D eigenvalue weighted by Crippen LogP contribution is 2.29. The fourth-order valence-corrected chi connectivity index (χ4v) is 3.30. The van der Waals surface area contributed by atoms with E-state index >= 15 is 0 Å². The Kier molecular flexibility index (Phi) is 8.63. The van der Waals surface area contributed by atoms with Gasteiger partial charge >= 0.3 is 17.9 Å². The summed E-state index contributed by atoms with van der Waals surface area (Å²) in [5, 5.41) is 10.1. The molecule has 0 atom stereocenters. The summed E-state index contributed by atoms with van der Waals surface area (Å²) in [5.41, 5.74) is 5.37. The van der Waals surface area contributed by atoms with Crippen molar-refractivity contribution in [2.75, 3.05) is 37.1 Å². The monoisotopic (exact) mass is 469 g/mol. The zero-order valence-electron chi connectivity index (χ0n) is 17.9. The molecule has 2 aromatic rings. The van der Waals surface area contributed by atoms with Crippen molar-refractivity contribution in [3.8, 4) is 0 Å². The number of nitrogens with zero attached hydrogens (tertiary/aromatic N) is 3. The van der Waals surface area contributed by atoms with Crippen molar-refractivity contribution < 1.29 is 37.8 Å². The highest BCUT2D eigenvalue weighted by molar-refractivity contribution is 7.99. The van der Waals surface area contributed by atoms with Crippen molar-refractivity contribution >= 4 is 47.4 Å². The van der Waals surface area contributed by atoms with Gasteiger partial charge in [0.25, 0.3) is 0 Å². The van der Waals surface area contributed by atoms with Crippen LogP contribution in [0.25, 0.3) is 0 Å². The summed E-state index contributed by atoms with van der Waals surface area (Å²) >= 11 is 0.976. The number of hydrogen-bond donors (Lipinski definition) is 2. The summed E-state index contributed by atoms with van der Waals surface area (Å²) < 4.78 is 21.2. The molecule has 0 bridgehead atoms. The molecule has 0 aliphatic rings. The Balaban J connectivity index is 2.28. The van der Waals surface area contributed by atoms with Gasteiger partial charge in [-0.3, -0.25) is 19.5 Å². The van der Waals surface area contributed by atoms with Gasteiger partial charge in [0.15, 0.2) is 5.16 Å². The number of ether oxygens (including phenoxy) is 3. The molecule has 174 valence electrons. The average molecular weight is 469 g/mol. The zero-order valence-corrected chi connectivity index (χ0v) is 18.7. The van der Waals surface area contributed by atoms with Crippen molar-refractivity contribution in [1.29, 1.82) is 0 Å². The third-order valence-corrected chi connectivity index (χ3v) is 4.83. The first kappa shape index (κ1) is 24.7. The van der Waals surface area contributed by atoms with Crippen molar-refractivity contribution in [2.45, 2.75) is 32.5 Å². The van der Waals surface area contributed by atoms with Crippen LogP contribution in [-0.4, -0.2) is 64.7 Å². The minimum Gasteiger partial charge on any atom is -0.468 e. The molecule has 0 aliphatic heterocycles. The molecule has 2 aromatic heterocycles. The first-order valence-electron chi connectivity index (χ1n) is 9.39. The van der Waals surface area contributed by atoms with Crippen molar-refractivity contribution in [3.63, 3.8) is 0 Å². The van der Waals surface area contributed by atoms with E-state index in [0.29, 0.717) is 0 Å². The molecule has 0 saturated carbocycles. The second-order valence-corrected chi connectivity index (χ2v) is 6.96. The fourth-order valence-electron chi connectivity index (χ4n) is 2.53. The summed E-state index contributed by atoms with van der Waals surface area (Å²) in [6, 6.07) is 0. The number of esters is 3. The van der Waals surface area contributed by atoms with E-state index in [9.17, 15) is 19.2 Å². The molecule has 1 amide bonds. The van der Waals surface area contributed by atoms with Crippen LogP contribution in [0.1, 0.15) is 40.3 Å². The number of furan rings is 1. The number of hydrogen-bond acceptors (Lipinski definition) is 12. The number of nitrogens with one attached hydrogen (secondary N) is 1. The molecule has 2 rings (SSSR count). The van der Waals surface area contributed by atoms with E-state index in [1.165, 1.54) is 18.6 Å². The van der Waals surface area contributed by atoms with Crippen LogP contribution >= 0.6 is 11.8 Å². The number of nitrogen functional groups attached to an aromatic ring is 1. The number of nitrogens with two attached hydrogens (primary N) is 1. The lowest BCUT2D eigenvalue weighted by atomic mass is 10.1. The maximum Gasteiger partial charge on any atom is 0.344 e. The van der Waals surface area contributed by atoms with Crippen LogP contribution in [-0.2, 0) is 30.3 Å². The molecule has 3 N–H and O–H groups in total. The minimum atomic E-state index is -0.860. The number of anilines is 2. The molecule has 0 radical (unpaired) electrons. The van der Waals surface area contributed by atoms with Crippen LogP contribution in [0.15, 0.2) is 9.57 Å². The fraction of sp³-hybridized carbons (Fsp3) is 0.444. The van der Waals surface area contributed by atoms with Gasteiger partial charge in [-0.1, -0.05) is 11.8 Å². The van der Waals surface area contributed by atoms with Crippen LogP contribution < -0.4 is 11.1 Å². The normalized spacial score (nSPS) is 10.5. The number of rotatable bonds is 10. The number of carbonyl (C=O) groups excluding carboxylic acids is 4. The van der Waals surface area contributed by atoms with Crippen LogP contribution in [0.3, 0.4) is 0 Å². The zero-order chi connectivity index (χ0) is 23.8. The first-order chi connectivity index (χ1) is 15.2. The third kappa shape index (κ3) is 5.78. The third-order valence-electron chi connectivity index (χ3n) is 3.89. The molecule has 2 heterocycles. The quantitative estimate of drug-likeness (QED) is 0.287. The maximum atomic E-state index is 12.7. The topological polar surface area (TPSA) is 178 Å². The molecule has 14 heteroatoms. The molecule has 0 spiro atoms. The Morgan fingerprint density at radius 3 is 2.31 bits per heavy atom. The lowest BCUT2D eigenvalue weighted by Crippen LogP contribution is -2.22. The molecule has 0 aliphatic carbocycles. The molecule has 0 saturated heterocycles.